The van der Waals surface area contributed by atoms with Gasteiger partial charge in [0.25, 0.3) is 0 Å². The molecule has 1 saturated heterocycles. The van der Waals surface area contributed by atoms with Gasteiger partial charge in [0.15, 0.2) is 0 Å². The predicted octanol–water partition coefficient (Wildman–Crippen LogP) is 6.30. The summed E-state index contributed by atoms with van der Waals surface area (Å²) in [5.74, 6) is -2.02. The van der Waals surface area contributed by atoms with Crippen LogP contribution in [0, 0.1) is 17.3 Å². The molecular weight excluding hydrogens is 820 g/mol. The van der Waals surface area contributed by atoms with Gasteiger partial charge >= 0.3 is 12.1 Å². The summed E-state index contributed by atoms with van der Waals surface area (Å²) in [5.41, 5.74) is -1.41. The van der Waals surface area contributed by atoms with E-state index >= 15 is 0 Å². The van der Waals surface area contributed by atoms with Gasteiger partial charge in [-0.05, 0) is 65.6 Å². The molecule has 1 aromatic carbocycles. The standard InChI is InChI=1S/C40H49BrN6O9S/c1-8-21-17-40(21,37(51)52)46-34(49)26-15-23(18-47(26)36(50)32(39(4,5)6)45-38(53)56-22-11-9-10-12-22)55-28-16-25(35-44-29(19-57-35)43-33(48)20(2)3)42-31-24(28)13-14-27(54-7)30(31)41/h8,13-14,16,19-23,26,32H,1,9-12,15,17-18H2,2-7H3,(H,43,48)(H,45,53)(H,46,49)(H,51,52)/t21-,23-,26+,32-,40-/m1/s1. The van der Waals surface area contributed by atoms with E-state index in [4.69, 9.17) is 19.2 Å². The van der Waals surface area contributed by atoms with Crippen LogP contribution in [0.4, 0.5) is 10.6 Å². The number of carbonyl (C=O) groups excluding carboxylic acids is 4. The van der Waals surface area contributed by atoms with E-state index in [9.17, 15) is 29.1 Å². The number of likely N-dealkylation sites (tertiary alicyclic amines) is 1. The maximum atomic E-state index is 14.6. The van der Waals surface area contributed by atoms with Gasteiger partial charge < -0.3 is 40.2 Å². The van der Waals surface area contributed by atoms with Crippen LogP contribution in [0.1, 0.15) is 73.1 Å². The molecule has 6 rings (SSSR count). The van der Waals surface area contributed by atoms with Gasteiger partial charge in [-0.3, -0.25) is 14.4 Å². The maximum Gasteiger partial charge on any atom is 0.408 e. The van der Waals surface area contributed by atoms with Crippen LogP contribution in [0.5, 0.6) is 11.5 Å². The number of thiazole rings is 1. The van der Waals surface area contributed by atoms with Crippen LogP contribution in [0.15, 0.2) is 40.7 Å². The van der Waals surface area contributed by atoms with Crippen molar-refractivity contribution in [2.24, 2.45) is 17.3 Å². The first-order valence-corrected chi connectivity index (χ1v) is 20.7. The van der Waals surface area contributed by atoms with E-state index in [1.165, 1.54) is 29.4 Å². The number of aliphatic carboxylic acids is 1. The Bertz CT molecular complexity index is 2080. The molecule has 17 heteroatoms. The lowest BCUT2D eigenvalue weighted by atomic mass is 9.85. The summed E-state index contributed by atoms with van der Waals surface area (Å²) in [5, 5.41) is 21.2. The molecule has 3 aromatic rings. The third-order valence-corrected chi connectivity index (χ3v) is 12.3. The Hall–Kier alpha value is -4.77. The van der Waals surface area contributed by atoms with E-state index in [1.54, 1.807) is 58.2 Å². The molecule has 306 valence electrons. The number of methoxy groups -OCH3 is 1. The summed E-state index contributed by atoms with van der Waals surface area (Å²) in [6, 6.07) is 3.02. The predicted molar refractivity (Wildman–Crippen MR) is 217 cm³/mol. The Morgan fingerprint density at radius 2 is 1.82 bits per heavy atom. The fourth-order valence-electron chi connectivity index (χ4n) is 7.29. The fourth-order valence-corrected chi connectivity index (χ4v) is 8.60. The van der Waals surface area contributed by atoms with Gasteiger partial charge in [0.2, 0.25) is 17.7 Å². The molecule has 3 heterocycles. The zero-order valence-electron chi connectivity index (χ0n) is 32.8. The van der Waals surface area contributed by atoms with Gasteiger partial charge in [-0.15, -0.1) is 17.9 Å². The molecule has 2 aliphatic carbocycles. The van der Waals surface area contributed by atoms with Gasteiger partial charge in [0.05, 0.1) is 23.6 Å². The molecule has 3 fully saturated rings. The Kier molecular flexibility index (Phi) is 12.2. The smallest absolute Gasteiger partial charge is 0.408 e. The number of ether oxygens (including phenoxy) is 3. The molecule has 2 aromatic heterocycles. The van der Waals surface area contributed by atoms with Gasteiger partial charge in [0, 0.05) is 35.1 Å². The number of alkyl carbamates (subject to hydrolysis) is 1. The second-order valence-corrected chi connectivity index (χ2v) is 17.9. The van der Waals surface area contributed by atoms with E-state index in [1.807, 2.05) is 0 Å². The number of aromatic nitrogens is 2. The number of carboxylic acid groups (broad SMARTS) is 1. The number of hydrogen-bond acceptors (Lipinski definition) is 11. The molecule has 4 N–H and O–H groups in total. The van der Waals surface area contributed by atoms with Crippen molar-refractivity contribution < 1.29 is 43.3 Å². The minimum atomic E-state index is -1.54. The second kappa shape index (κ2) is 16.6. The van der Waals surface area contributed by atoms with Crippen LogP contribution >= 0.6 is 27.3 Å². The monoisotopic (exact) mass is 868 g/mol. The van der Waals surface area contributed by atoms with Gasteiger partial charge in [-0.25, -0.2) is 19.6 Å². The molecule has 1 aliphatic heterocycles. The highest BCUT2D eigenvalue weighted by Crippen LogP contribution is 2.45. The number of nitrogens with zero attached hydrogens (tertiary/aromatic N) is 3. The van der Waals surface area contributed by atoms with Crippen molar-refractivity contribution in [1.82, 2.24) is 25.5 Å². The normalized spacial score (nSPS) is 22.5. The van der Waals surface area contributed by atoms with Gasteiger partial charge in [-0.2, -0.15) is 0 Å². The number of pyridine rings is 1. The summed E-state index contributed by atoms with van der Waals surface area (Å²) in [6.45, 7) is 12.6. The second-order valence-electron chi connectivity index (χ2n) is 16.2. The van der Waals surface area contributed by atoms with Crippen molar-refractivity contribution >= 4 is 73.8 Å². The molecule has 0 unspecified atom stereocenters. The molecule has 0 radical (unpaired) electrons. The minimum Gasteiger partial charge on any atom is -0.495 e. The van der Waals surface area contributed by atoms with Crippen LogP contribution in [0.25, 0.3) is 21.6 Å². The molecule has 57 heavy (non-hydrogen) atoms. The maximum absolute atomic E-state index is 14.6. The number of amides is 4. The number of benzene rings is 1. The van der Waals surface area contributed by atoms with Crippen LogP contribution in [0.2, 0.25) is 0 Å². The van der Waals surface area contributed by atoms with Crippen molar-refractivity contribution in [3.8, 4) is 22.2 Å². The van der Waals surface area contributed by atoms with Crippen molar-refractivity contribution in [3.63, 3.8) is 0 Å². The Labute approximate surface area is 343 Å². The Morgan fingerprint density at radius 3 is 2.44 bits per heavy atom. The van der Waals surface area contributed by atoms with Crippen LogP contribution in [-0.2, 0) is 23.9 Å². The molecule has 2 saturated carbocycles. The summed E-state index contributed by atoms with van der Waals surface area (Å²) in [6.07, 6.45) is 3.37. The van der Waals surface area contributed by atoms with Crippen molar-refractivity contribution in [2.75, 3.05) is 19.0 Å². The van der Waals surface area contributed by atoms with E-state index < -0.39 is 58.9 Å². The fraction of sp³-hybridized carbons (Fsp3) is 0.525. The SMILES string of the molecule is C=C[C@@H]1C[C@]1(NC(=O)[C@@H]1C[C@@H](Oc2cc(-c3nc(NC(=O)C(C)C)cs3)nc3c(Br)c(OC)ccc23)CN1C(=O)[C@@H](NC(=O)OC1CCCC1)C(C)(C)C)C(=O)O. The van der Waals surface area contributed by atoms with Crippen LogP contribution in [0.3, 0.4) is 0 Å². The number of nitrogens with one attached hydrogen (secondary N) is 3. The number of halogens is 1. The summed E-state index contributed by atoms with van der Waals surface area (Å²) >= 11 is 4.90. The van der Waals surface area contributed by atoms with Crippen molar-refractivity contribution in [2.45, 2.75) is 103 Å². The highest BCUT2D eigenvalue weighted by atomic mass is 79.9. The summed E-state index contributed by atoms with van der Waals surface area (Å²) in [7, 11) is 1.54. The summed E-state index contributed by atoms with van der Waals surface area (Å²) < 4.78 is 18.5. The number of fused-ring (bicyclic) bond motifs is 1. The zero-order chi connectivity index (χ0) is 41.4. The molecular formula is C40H49BrN6O9S. The topological polar surface area (TPSA) is 198 Å². The molecule has 0 spiro atoms. The van der Waals surface area contributed by atoms with Gasteiger partial charge in [-0.1, -0.05) is 40.7 Å². The quantitative estimate of drug-likeness (QED) is 0.141. The lowest BCUT2D eigenvalue weighted by Crippen LogP contribution is -2.59. The minimum absolute atomic E-state index is 0.00845. The van der Waals surface area contributed by atoms with Gasteiger partial charge in [0.1, 0.15) is 57.8 Å². The number of rotatable bonds is 13. The number of carboxylic acids is 1. The highest BCUT2D eigenvalue weighted by Gasteiger charge is 2.61. The van der Waals surface area contributed by atoms with E-state index in [0.29, 0.717) is 43.4 Å². The third-order valence-electron chi connectivity index (χ3n) is 10.7. The van der Waals surface area contributed by atoms with E-state index in [-0.39, 0.29) is 37.3 Å². The summed E-state index contributed by atoms with van der Waals surface area (Å²) in [4.78, 5) is 77.5. The van der Waals surface area contributed by atoms with Crippen molar-refractivity contribution in [3.05, 3.63) is 40.7 Å². The highest BCUT2D eigenvalue weighted by molar-refractivity contribution is 9.10. The largest absolute Gasteiger partial charge is 0.495 e. The molecule has 0 bridgehead atoms. The first-order valence-electron chi connectivity index (χ1n) is 19.0. The zero-order valence-corrected chi connectivity index (χ0v) is 35.3. The molecule has 5 atom stereocenters. The first-order chi connectivity index (χ1) is 26.9. The Morgan fingerprint density at radius 1 is 1.11 bits per heavy atom. The molecule has 4 amide bonds. The van der Waals surface area contributed by atoms with Crippen molar-refractivity contribution in [1.29, 1.82) is 0 Å². The first kappa shape index (κ1) is 41.9. The Balaban J connectivity index is 1.34. The average Bonchev–Trinajstić information content (AvgIpc) is 3.57. The van der Waals surface area contributed by atoms with E-state index in [2.05, 4.69) is 43.4 Å². The van der Waals surface area contributed by atoms with Crippen LogP contribution in [-0.4, -0.2) is 93.2 Å². The number of anilines is 1. The third kappa shape index (κ3) is 8.88. The lowest BCUT2D eigenvalue weighted by Gasteiger charge is -2.35. The van der Waals surface area contributed by atoms with Crippen LogP contribution < -0.4 is 25.4 Å². The average molecular weight is 870 g/mol. The number of hydrogen-bond donors (Lipinski definition) is 4. The molecule has 3 aliphatic rings. The van der Waals surface area contributed by atoms with E-state index in [0.717, 1.165) is 25.7 Å². The lowest BCUT2D eigenvalue weighted by molar-refractivity contribution is -0.146. The number of carbonyl (C=O) groups is 5. The molecule has 15 nitrogen and oxygen atoms in total.